The molecular weight excluding hydrogens is 531 g/mol. The molecule has 0 unspecified atom stereocenters. The Bertz CT molecular complexity index is 1440. The number of nitrogens with zero attached hydrogens (tertiary/aromatic N) is 2. The highest BCUT2D eigenvalue weighted by Gasteiger charge is 2.12. The number of carbonyl (C=O) groups excluding carboxylic acids is 1. The molecule has 37 heavy (non-hydrogen) atoms. The molecule has 0 fully saturated rings. The number of thiocarbonyl (C=S) groups is 1. The average Bonchev–Trinajstić information content (AvgIpc) is 3.36. The number of carbonyl (C=O) groups is 1. The molecule has 1 heterocycles. The van der Waals surface area contributed by atoms with Crippen LogP contribution in [0.3, 0.4) is 0 Å². The van der Waals surface area contributed by atoms with Crippen LogP contribution in [0.4, 0.5) is 22.2 Å². The zero-order valence-corrected chi connectivity index (χ0v) is 21.9. The minimum absolute atomic E-state index is 0.0134. The number of anilines is 3. The summed E-state index contributed by atoms with van der Waals surface area (Å²) in [6.07, 6.45) is 0. The van der Waals surface area contributed by atoms with Crippen LogP contribution in [0.5, 0.6) is 5.75 Å². The van der Waals surface area contributed by atoms with Crippen LogP contribution in [0.15, 0.2) is 83.1 Å². The Labute approximate surface area is 226 Å². The first-order chi connectivity index (χ1) is 17.9. The normalized spacial score (nSPS) is 10.4. The van der Waals surface area contributed by atoms with Crippen LogP contribution in [-0.4, -0.2) is 33.8 Å². The number of thioether (sulfide) groups is 1. The molecule has 0 aliphatic carbocycles. The van der Waals surface area contributed by atoms with Crippen LogP contribution in [-0.2, 0) is 4.79 Å². The maximum atomic E-state index is 12.5. The maximum absolute atomic E-state index is 12.5. The standard InChI is InChI=1S/C25H21N5O4S3/c1-34-22-11-3-2-10-20(22)27-24(35)26-17-7-5-9-19(13-17)36-15-23(31)29-25-28-21(14-37-25)16-6-4-8-18(12-16)30(32)33/h2-14H,15H2,1H3,(H2,26,27,35)(H,28,29,31). The summed E-state index contributed by atoms with van der Waals surface area (Å²) in [7, 11) is 1.60. The van der Waals surface area contributed by atoms with Crippen molar-refractivity contribution in [1.82, 2.24) is 4.98 Å². The van der Waals surface area contributed by atoms with Gasteiger partial charge in [0.05, 0.1) is 29.2 Å². The van der Waals surface area contributed by atoms with Crippen LogP contribution in [0.1, 0.15) is 0 Å². The van der Waals surface area contributed by atoms with Crippen LogP contribution < -0.4 is 20.7 Å². The van der Waals surface area contributed by atoms with Crippen molar-refractivity contribution in [1.29, 1.82) is 0 Å². The number of aromatic nitrogens is 1. The molecule has 12 heteroatoms. The molecule has 0 saturated heterocycles. The molecular formula is C25H21N5O4S3. The SMILES string of the molecule is COc1ccccc1NC(=S)Nc1cccc(SCC(=O)Nc2nc(-c3cccc([N+](=O)[O-])c3)cs2)c1. The Morgan fingerprint density at radius 2 is 1.89 bits per heavy atom. The summed E-state index contributed by atoms with van der Waals surface area (Å²) in [4.78, 5) is 28.3. The van der Waals surface area contributed by atoms with Gasteiger partial charge in [-0.1, -0.05) is 30.3 Å². The molecule has 0 atom stereocenters. The molecule has 0 saturated carbocycles. The van der Waals surface area contributed by atoms with Crippen LogP contribution in [0.25, 0.3) is 11.3 Å². The molecule has 0 spiro atoms. The van der Waals surface area contributed by atoms with Gasteiger partial charge in [0.1, 0.15) is 5.75 Å². The van der Waals surface area contributed by atoms with Crippen molar-refractivity contribution in [3.63, 3.8) is 0 Å². The number of hydrogen-bond donors (Lipinski definition) is 3. The van der Waals surface area contributed by atoms with Gasteiger partial charge in [0.15, 0.2) is 10.2 Å². The number of thiazole rings is 1. The molecule has 9 nitrogen and oxygen atoms in total. The van der Waals surface area contributed by atoms with Gasteiger partial charge in [-0.05, 0) is 42.5 Å². The quantitative estimate of drug-likeness (QED) is 0.0957. The van der Waals surface area contributed by atoms with E-state index in [1.54, 1.807) is 24.6 Å². The highest BCUT2D eigenvalue weighted by Crippen LogP contribution is 2.28. The lowest BCUT2D eigenvalue weighted by Crippen LogP contribution is -2.19. The molecule has 3 aromatic carbocycles. The monoisotopic (exact) mass is 551 g/mol. The number of rotatable bonds is 9. The molecule has 4 rings (SSSR count). The van der Waals surface area contributed by atoms with Crippen molar-refractivity contribution in [3.8, 4) is 17.0 Å². The van der Waals surface area contributed by atoms with Crippen LogP contribution >= 0.6 is 35.3 Å². The van der Waals surface area contributed by atoms with Crippen molar-refractivity contribution < 1.29 is 14.5 Å². The Morgan fingerprint density at radius 1 is 1.08 bits per heavy atom. The van der Waals surface area contributed by atoms with E-state index < -0.39 is 4.92 Å². The van der Waals surface area contributed by atoms with Gasteiger partial charge in [-0.3, -0.25) is 14.9 Å². The molecule has 4 aromatic rings. The minimum Gasteiger partial charge on any atom is -0.495 e. The number of amides is 1. The summed E-state index contributed by atoms with van der Waals surface area (Å²) in [6, 6.07) is 21.2. The number of para-hydroxylation sites is 2. The molecule has 0 radical (unpaired) electrons. The number of nitro benzene ring substituents is 1. The number of methoxy groups -OCH3 is 1. The Balaban J connectivity index is 1.30. The van der Waals surface area contributed by atoms with Gasteiger partial charge in [0, 0.05) is 33.7 Å². The molecule has 1 amide bonds. The van der Waals surface area contributed by atoms with E-state index in [4.69, 9.17) is 17.0 Å². The van der Waals surface area contributed by atoms with E-state index in [1.165, 1.54) is 35.2 Å². The van der Waals surface area contributed by atoms with E-state index in [-0.39, 0.29) is 17.3 Å². The molecule has 188 valence electrons. The van der Waals surface area contributed by atoms with E-state index in [2.05, 4.69) is 20.9 Å². The van der Waals surface area contributed by atoms with Gasteiger partial charge >= 0.3 is 0 Å². The predicted molar refractivity (Wildman–Crippen MR) is 153 cm³/mol. The summed E-state index contributed by atoms with van der Waals surface area (Å²) in [5.74, 6) is 0.648. The van der Waals surface area contributed by atoms with Gasteiger partial charge in [-0.15, -0.1) is 23.1 Å². The molecule has 0 aliphatic heterocycles. The van der Waals surface area contributed by atoms with Gasteiger partial charge in [0.25, 0.3) is 5.69 Å². The zero-order valence-electron chi connectivity index (χ0n) is 19.5. The summed E-state index contributed by atoms with van der Waals surface area (Å²) >= 11 is 8.05. The summed E-state index contributed by atoms with van der Waals surface area (Å²) < 4.78 is 5.33. The Kier molecular flexibility index (Phi) is 8.67. The fourth-order valence-corrected chi connectivity index (χ4v) is 4.96. The second kappa shape index (κ2) is 12.3. The number of nitro groups is 1. The van der Waals surface area contributed by atoms with E-state index in [9.17, 15) is 14.9 Å². The van der Waals surface area contributed by atoms with Crippen molar-refractivity contribution in [3.05, 3.63) is 88.3 Å². The van der Waals surface area contributed by atoms with E-state index in [0.29, 0.717) is 27.3 Å². The maximum Gasteiger partial charge on any atom is 0.270 e. The number of nitrogens with one attached hydrogen (secondary N) is 3. The zero-order chi connectivity index (χ0) is 26.2. The van der Waals surface area contributed by atoms with Crippen molar-refractivity contribution >= 4 is 68.5 Å². The first kappa shape index (κ1) is 26.1. The molecule has 3 N–H and O–H groups in total. The van der Waals surface area contributed by atoms with Gasteiger partial charge in [-0.25, -0.2) is 4.98 Å². The lowest BCUT2D eigenvalue weighted by molar-refractivity contribution is -0.384. The van der Waals surface area contributed by atoms with Gasteiger partial charge in [-0.2, -0.15) is 0 Å². The fourth-order valence-electron chi connectivity index (χ4n) is 3.24. The first-order valence-electron chi connectivity index (χ1n) is 10.9. The number of hydrogen-bond acceptors (Lipinski definition) is 8. The topological polar surface area (TPSA) is 118 Å². The van der Waals surface area contributed by atoms with Crippen molar-refractivity contribution in [2.24, 2.45) is 0 Å². The third kappa shape index (κ3) is 7.26. The summed E-state index contributed by atoms with van der Waals surface area (Å²) in [5, 5.41) is 22.6. The predicted octanol–water partition coefficient (Wildman–Crippen LogP) is 6.27. The highest BCUT2D eigenvalue weighted by atomic mass is 32.2. The summed E-state index contributed by atoms with van der Waals surface area (Å²) in [5.41, 5.74) is 2.69. The van der Waals surface area contributed by atoms with Crippen LogP contribution in [0.2, 0.25) is 0 Å². The van der Waals surface area contributed by atoms with Crippen LogP contribution in [0, 0.1) is 10.1 Å². The number of non-ortho nitro benzene ring substituents is 1. The van der Waals surface area contributed by atoms with Crippen molar-refractivity contribution in [2.45, 2.75) is 4.90 Å². The third-order valence-electron chi connectivity index (χ3n) is 4.92. The fraction of sp³-hybridized carbons (Fsp3) is 0.0800. The second-order valence-electron chi connectivity index (χ2n) is 7.49. The minimum atomic E-state index is -0.454. The van der Waals surface area contributed by atoms with Gasteiger partial charge in [0.2, 0.25) is 5.91 Å². The largest absolute Gasteiger partial charge is 0.495 e. The highest BCUT2D eigenvalue weighted by molar-refractivity contribution is 8.00. The lowest BCUT2D eigenvalue weighted by atomic mass is 10.1. The molecule has 0 aliphatic rings. The average molecular weight is 552 g/mol. The molecule has 0 bridgehead atoms. The van der Waals surface area contributed by atoms with E-state index >= 15 is 0 Å². The number of benzene rings is 3. The lowest BCUT2D eigenvalue weighted by Gasteiger charge is -2.13. The second-order valence-corrected chi connectivity index (χ2v) is 9.80. The third-order valence-corrected chi connectivity index (χ3v) is 6.88. The van der Waals surface area contributed by atoms with E-state index in [1.807, 2.05) is 48.5 Å². The molecule has 1 aromatic heterocycles. The first-order valence-corrected chi connectivity index (χ1v) is 13.1. The summed E-state index contributed by atoms with van der Waals surface area (Å²) in [6.45, 7) is 0. The number of ether oxygens (including phenoxy) is 1. The van der Waals surface area contributed by atoms with E-state index in [0.717, 1.165) is 16.3 Å². The Morgan fingerprint density at radius 3 is 2.70 bits per heavy atom. The Hall–Kier alpha value is -4.00. The smallest absolute Gasteiger partial charge is 0.270 e. The van der Waals surface area contributed by atoms with Gasteiger partial charge < -0.3 is 20.7 Å². The van der Waals surface area contributed by atoms with Crippen molar-refractivity contribution in [2.75, 3.05) is 28.8 Å².